The first-order valence-electron chi connectivity index (χ1n) is 5.49. The van der Waals surface area contributed by atoms with Crippen LogP contribution in [0.25, 0.3) is 5.65 Å². The Bertz CT molecular complexity index is 752. The quantitative estimate of drug-likeness (QED) is 0.741. The van der Waals surface area contributed by atoms with Crippen LogP contribution in [0.5, 0.6) is 0 Å². The normalized spacial score (nSPS) is 10.8. The average Bonchev–Trinajstić information content (AvgIpc) is 2.73. The van der Waals surface area contributed by atoms with E-state index >= 15 is 0 Å². The molecule has 3 aromatic rings. The van der Waals surface area contributed by atoms with E-state index in [2.05, 4.69) is 25.4 Å². The molecule has 0 fully saturated rings. The molecule has 0 aliphatic rings. The molecule has 0 aliphatic carbocycles. The number of nitrogen functional groups attached to an aromatic ring is 1. The Kier molecular flexibility index (Phi) is 2.68. The zero-order valence-electron chi connectivity index (χ0n) is 10.0. The van der Waals surface area contributed by atoms with Crippen LogP contribution in [0.2, 0.25) is 5.02 Å². The molecule has 19 heavy (non-hydrogen) atoms. The predicted molar refractivity (Wildman–Crippen MR) is 72.5 cm³/mol. The van der Waals surface area contributed by atoms with E-state index in [1.807, 2.05) is 19.2 Å². The summed E-state index contributed by atoms with van der Waals surface area (Å²) in [5.74, 6) is 0.584. The molecule has 0 aromatic carbocycles. The number of rotatable bonds is 2. The zero-order valence-corrected chi connectivity index (χ0v) is 10.8. The first-order valence-corrected chi connectivity index (χ1v) is 5.87. The van der Waals surface area contributed by atoms with Gasteiger partial charge in [0.1, 0.15) is 10.8 Å². The Labute approximate surface area is 113 Å². The number of nitrogens with two attached hydrogens (primary N) is 1. The smallest absolute Gasteiger partial charge is 0.229 e. The molecule has 0 saturated carbocycles. The molecular weight excluding hydrogens is 266 g/mol. The fraction of sp³-hybridized carbons (Fsp3) is 0.0909. The molecule has 0 radical (unpaired) electrons. The Balaban J connectivity index is 1.93. The minimum Gasteiger partial charge on any atom is -0.382 e. The van der Waals surface area contributed by atoms with Gasteiger partial charge in [-0.2, -0.15) is 10.1 Å². The minimum absolute atomic E-state index is 0.227. The number of nitrogens with zero attached hydrogens (tertiary/aromatic N) is 5. The second kappa shape index (κ2) is 4.36. The number of halogens is 1. The van der Waals surface area contributed by atoms with Crippen molar-refractivity contribution in [2.45, 2.75) is 6.92 Å². The van der Waals surface area contributed by atoms with Gasteiger partial charge in [0.15, 0.2) is 5.65 Å². The highest BCUT2D eigenvalue weighted by atomic mass is 35.5. The lowest BCUT2D eigenvalue weighted by Crippen LogP contribution is -2.01. The van der Waals surface area contributed by atoms with Crippen molar-refractivity contribution in [2.75, 3.05) is 11.1 Å². The topological polar surface area (TPSA) is 94.0 Å². The van der Waals surface area contributed by atoms with Crippen LogP contribution in [-0.4, -0.2) is 24.6 Å². The maximum atomic E-state index is 5.76. The molecule has 7 nitrogen and oxygen atoms in total. The van der Waals surface area contributed by atoms with Crippen LogP contribution < -0.4 is 11.1 Å². The molecular formula is C11H10ClN7. The Morgan fingerprint density at radius 1 is 1.32 bits per heavy atom. The zero-order chi connectivity index (χ0) is 13.4. The van der Waals surface area contributed by atoms with E-state index in [0.29, 0.717) is 11.0 Å². The molecule has 0 spiro atoms. The van der Waals surface area contributed by atoms with Crippen molar-refractivity contribution in [2.24, 2.45) is 0 Å². The van der Waals surface area contributed by atoms with E-state index in [4.69, 9.17) is 17.3 Å². The van der Waals surface area contributed by atoms with E-state index < -0.39 is 0 Å². The summed E-state index contributed by atoms with van der Waals surface area (Å²) in [5.41, 5.74) is 7.97. The van der Waals surface area contributed by atoms with Gasteiger partial charge in [-0.3, -0.25) is 0 Å². The largest absolute Gasteiger partial charge is 0.382 e. The number of hydrogen-bond donors (Lipinski definition) is 2. The molecule has 3 aromatic heterocycles. The Morgan fingerprint density at radius 2 is 2.16 bits per heavy atom. The van der Waals surface area contributed by atoms with E-state index in [1.54, 1.807) is 10.7 Å². The fourth-order valence-electron chi connectivity index (χ4n) is 1.63. The number of aryl methyl sites for hydroxylation is 1. The van der Waals surface area contributed by atoms with Crippen LogP contribution in [0, 0.1) is 6.92 Å². The summed E-state index contributed by atoms with van der Waals surface area (Å²) in [5, 5.41) is 7.54. The Hall–Kier alpha value is -2.41. The minimum atomic E-state index is 0.227. The van der Waals surface area contributed by atoms with Crippen molar-refractivity contribution in [1.82, 2.24) is 24.6 Å². The van der Waals surface area contributed by atoms with Gasteiger partial charge in [-0.15, -0.1) is 0 Å². The van der Waals surface area contributed by atoms with Crippen molar-refractivity contribution in [3.8, 4) is 0 Å². The standard InChI is InChI=1S/C11H10ClN7/c1-6-5-19-9(16-6)2-7(3-15-19)17-11-14-4-8(12)10(13)18-11/h2-5H,1H3,(H3,13,14,17,18). The third-order valence-corrected chi connectivity index (χ3v) is 2.76. The fourth-order valence-corrected chi connectivity index (χ4v) is 1.72. The maximum Gasteiger partial charge on any atom is 0.229 e. The number of anilines is 3. The highest BCUT2D eigenvalue weighted by Gasteiger charge is 2.04. The number of fused-ring (bicyclic) bond motifs is 1. The monoisotopic (exact) mass is 275 g/mol. The molecule has 3 rings (SSSR count). The van der Waals surface area contributed by atoms with Crippen molar-refractivity contribution in [3.63, 3.8) is 0 Å². The van der Waals surface area contributed by atoms with Crippen molar-refractivity contribution in [3.05, 3.63) is 35.4 Å². The third-order valence-electron chi connectivity index (χ3n) is 2.47. The lowest BCUT2D eigenvalue weighted by atomic mass is 10.4. The Morgan fingerprint density at radius 3 is 2.95 bits per heavy atom. The van der Waals surface area contributed by atoms with Gasteiger partial charge in [0.05, 0.1) is 30.0 Å². The molecule has 0 aliphatic heterocycles. The van der Waals surface area contributed by atoms with Gasteiger partial charge >= 0.3 is 0 Å². The van der Waals surface area contributed by atoms with Gasteiger partial charge in [-0.1, -0.05) is 11.6 Å². The molecule has 0 saturated heterocycles. The molecule has 0 atom stereocenters. The van der Waals surface area contributed by atoms with Gasteiger partial charge in [0.25, 0.3) is 0 Å². The second-order valence-electron chi connectivity index (χ2n) is 3.98. The van der Waals surface area contributed by atoms with Crippen molar-refractivity contribution < 1.29 is 0 Å². The number of aromatic nitrogens is 5. The van der Waals surface area contributed by atoms with Crippen LogP contribution in [0.15, 0.2) is 24.7 Å². The van der Waals surface area contributed by atoms with Gasteiger partial charge in [0.2, 0.25) is 5.95 Å². The van der Waals surface area contributed by atoms with Crippen LogP contribution in [-0.2, 0) is 0 Å². The van der Waals surface area contributed by atoms with Crippen LogP contribution in [0.3, 0.4) is 0 Å². The van der Waals surface area contributed by atoms with Gasteiger partial charge in [-0.25, -0.2) is 14.5 Å². The first kappa shape index (κ1) is 11.7. The summed E-state index contributed by atoms with van der Waals surface area (Å²) in [7, 11) is 0. The van der Waals surface area contributed by atoms with E-state index in [9.17, 15) is 0 Å². The predicted octanol–water partition coefficient (Wildman–Crippen LogP) is 1.81. The summed E-state index contributed by atoms with van der Waals surface area (Å²) in [6, 6.07) is 1.84. The molecule has 3 N–H and O–H groups in total. The first-order chi connectivity index (χ1) is 9.11. The van der Waals surface area contributed by atoms with Crippen LogP contribution >= 0.6 is 11.6 Å². The summed E-state index contributed by atoms with van der Waals surface area (Å²) in [6.45, 7) is 1.91. The van der Waals surface area contributed by atoms with Gasteiger partial charge in [-0.05, 0) is 6.92 Å². The highest BCUT2D eigenvalue weighted by Crippen LogP contribution is 2.18. The van der Waals surface area contributed by atoms with Gasteiger partial charge in [0, 0.05) is 6.07 Å². The van der Waals surface area contributed by atoms with Crippen LogP contribution in [0.4, 0.5) is 17.5 Å². The SMILES string of the molecule is Cc1cn2ncc(Nc3ncc(Cl)c(N)n3)cc2n1. The lowest BCUT2D eigenvalue weighted by Gasteiger charge is -2.05. The molecule has 8 heteroatoms. The summed E-state index contributed by atoms with van der Waals surface area (Å²) in [6.07, 6.45) is 4.94. The summed E-state index contributed by atoms with van der Waals surface area (Å²) in [4.78, 5) is 12.4. The number of nitrogens with one attached hydrogen (secondary N) is 1. The average molecular weight is 276 g/mol. The molecule has 0 amide bonds. The number of hydrogen-bond acceptors (Lipinski definition) is 6. The van der Waals surface area contributed by atoms with Gasteiger partial charge < -0.3 is 11.1 Å². The third kappa shape index (κ3) is 2.27. The van der Waals surface area contributed by atoms with Crippen molar-refractivity contribution in [1.29, 1.82) is 0 Å². The second-order valence-corrected chi connectivity index (χ2v) is 4.39. The lowest BCUT2D eigenvalue weighted by molar-refractivity contribution is 0.935. The van der Waals surface area contributed by atoms with E-state index in [-0.39, 0.29) is 5.82 Å². The van der Waals surface area contributed by atoms with E-state index in [1.165, 1.54) is 6.20 Å². The number of imidazole rings is 1. The summed E-state index contributed by atoms with van der Waals surface area (Å²) >= 11 is 5.76. The molecule has 96 valence electrons. The van der Waals surface area contributed by atoms with Crippen molar-refractivity contribution >= 4 is 34.7 Å². The highest BCUT2D eigenvalue weighted by molar-refractivity contribution is 6.32. The van der Waals surface area contributed by atoms with E-state index in [0.717, 1.165) is 17.0 Å². The summed E-state index contributed by atoms with van der Waals surface area (Å²) < 4.78 is 1.69. The molecule has 3 heterocycles. The maximum absolute atomic E-state index is 5.76. The van der Waals surface area contributed by atoms with Crippen LogP contribution in [0.1, 0.15) is 5.69 Å². The molecule has 0 bridgehead atoms. The molecule has 0 unspecified atom stereocenters.